The summed E-state index contributed by atoms with van der Waals surface area (Å²) in [6.45, 7) is 6.93. The predicted molar refractivity (Wildman–Crippen MR) is 100 cm³/mol. The van der Waals surface area contributed by atoms with Gasteiger partial charge in [0.25, 0.3) is 5.91 Å². The van der Waals surface area contributed by atoms with Gasteiger partial charge in [0, 0.05) is 33.3 Å². The number of aryl methyl sites for hydroxylation is 1. The molecule has 0 saturated heterocycles. The second kappa shape index (κ2) is 12.6. The zero-order valence-electron chi connectivity index (χ0n) is 13.1. The minimum absolute atomic E-state index is 0. The van der Waals surface area contributed by atoms with Crippen LogP contribution in [0.2, 0.25) is 0 Å². The second-order valence-electron chi connectivity index (χ2n) is 4.15. The molecule has 1 amide bonds. The Morgan fingerprint density at radius 1 is 1.32 bits per heavy atom. The first-order valence-electron chi connectivity index (χ1n) is 6.89. The molecule has 9 heteroatoms. The highest BCUT2D eigenvalue weighted by molar-refractivity contribution is 14.0. The molecule has 1 rings (SSSR count). The van der Waals surface area contributed by atoms with E-state index in [-0.39, 0.29) is 29.9 Å². The van der Waals surface area contributed by atoms with Crippen molar-refractivity contribution in [2.24, 2.45) is 4.99 Å². The number of guanidine groups is 1. The fraction of sp³-hybridized carbons (Fsp3) is 0.615. The Kier molecular flexibility index (Phi) is 12.1. The van der Waals surface area contributed by atoms with Crippen molar-refractivity contribution in [3.8, 4) is 0 Å². The van der Waals surface area contributed by atoms with Gasteiger partial charge in [0.05, 0.1) is 17.8 Å². The van der Waals surface area contributed by atoms with Crippen molar-refractivity contribution >= 4 is 47.2 Å². The number of hydrogen-bond donors (Lipinski definition) is 3. The van der Waals surface area contributed by atoms with E-state index in [0.717, 1.165) is 5.69 Å². The first kappa shape index (κ1) is 21.1. The molecule has 22 heavy (non-hydrogen) atoms. The van der Waals surface area contributed by atoms with Crippen molar-refractivity contribution in [1.82, 2.24) is 20.9 Å². The minimum atomic E-state index is -0.0870. The number of amides is 1. The number of aromatic nitrogens is 1. The first-order chi connectivity index (χ1) is 10.2. The molecule has 1 aromatic rings. The normalized spacial score (nSPS) is 10.8. The summed E-state index contributed by atoms with van der Waals surface area (Å²) >= 11 is 1.35. The molecular formula is C13H24IN5O2S. The molecule has 7 nitrogen and oxygen atoms in total. The number of nitrogens with zero attached hydrogens (tertiary/aromatic N) is 2. The van der Waals surface area contributed by atoms with Crippen molar-refractivity contribution in [2.45, 2.75) is 13.8 Å². The molecule has 0 aliphatic rings. The average Bonchev–Trinajstić information content (AvgIpc) is 2.91. The number of ether oxygens (including phenoxy) is 1. The third-order valence-electron chi connectivity index (χ3n) is 2.62. The average molecular weight is 441 g/mol. The number of rotatable bonds is 8. The summed E-state index contributed by atoms with van der Waals surface area (Å²) in [6.07, 6.45) is 0. The summed E-state index contributed by atoms with van der Waals surface area (Å²) in [7, 11) is 1.70. The maximum absolute atomic E-state index is 11.9. The van der Waals surface area contributed by atoms with Gasteiger partial charge in [-0.15, -0.1) is 35.3 Å². The zero-order chi connectivity index (χ0) is 15.5. The van der Waals surface area contributed by atoms with E-state index in [1.165, 1.54) is 11.3 Å². The lowest BCUT2D eigenvalue weighted by atomic mass is 10.4. The van der Waals surface area contributed by atoms with Gasteiger partial charge in [-0.25, -0.2) is 4.98 Å². The van der Waals surface area contributed by atoms with E-state index >= 15 is 0 Å². The van der Waals surface area contributed by atoms with Gasteiger partial charge in [-0.3, -0.25) is 9.79 Å². The molecule has 1 aromatic heterocycles. The third-order valence-corrected chi connectivity index (χ3v) is 3.55. The predicted octanol–water partition coefficient (Wildman–Crippen LogP) is 1.00. The summed E-state index contributed by atoms with van der Waals surface area (Å²) < 4.78 is 5.23. The summed E-state index contributed by atoms with van der Waals surface area (Å²) in [5.74, 6) is 0.606. The van der Waals surface area contributed by atoms with Gasteiger partial charge in [-0.05, 0) is 13.8 Å². The Bertz CT molecular complexity index is 467. The molecule has 0 spiro atoms. The van der Waals surface area contributed by atoms with Crippen LogP contribution in [0.5, 0.6) is 0 Å². The van der Waals surface area contributed by atoms with Gasteiger partial charge >= 0.3 is 0 Å². The smallest absolute Gasteiger partial charge is 0.263 e. The number of carbonyl (C=O) groups is 1. The number of thiazole rings is 1. The van der Waals surface area contributed by atoms with E-state index in [0.29, 0.717) is 43.7 Å². The lowest BCUT2D eigenvalue weighted by Gasteiger charge is -2.12. The number of nitrogens with one attached hydrogen (secondary N) is 3. The van der Waals surface area contributed by atoms with Crippen LogP contribution in [0.3, 0.4) is 0 Å². The Balaban J connectivity index is 0.00000441. The van der Waals surface area contributed by atoms with E-state index in [1.54, 1.807) is 12.6 Å². The van der Waals surface area contributed by atoms with E-state index in [9.17, 15) is 4.79 Å². The van der Waals surface area contributed by atoms with Gasteiger partial charge in [0.1, 0.15) is 4.88 Å². The fourth-order valence-electron chi connectivity index (χ4n) is 1.56. The molecule has 0 aliphatic heterocycles. The Hall–Kier alpha value is -0.940. The van der Waals surface area contributed by atoms with E-state index in [1.807, 2.05) is 13.8 Å². The van der Waals surface area contributed by atoms with Crippen LogP contribution >= 0.6 is 35.3 Å². The van der Waals surface area contributed by atoms with Gasteiger partial charge in [-0.1, -0.05) is 0 Å². The van der Waals surface area contributed by atoms with Crippen molar-refractivity contribution in [3.05, 3.63) is 16.1 Å². The largest absolute Gasteiger partial charge is 0.380 e. The molecule has 0 bridgehead atoms. The molecule has 126 valence electrons. The summed E-state index contributed by atoms with van der Waals surface area (Å²) in [5.41, 5.74) is 2.44. The molecule has 0 saturated carbocycles. The highest BCUT2D eigenvalue weighted by atomic mass is 127. The Labute approximate surface area is 152 Å². The highest BCUT2D eigenvalue weighted by Crippen LogP contribution is 2.10. The molecule has 0 radical (unpaired) electrons. The highest BCUT2D eigenvalue weighted by Gasteiger charge is 2.10. The number of carbonyl (C=O) groups excluding carboxylic acids is 1. The van der Waals surface area contributed by atoms with Gasteiger partial charge in [0.2, 0.25) is 0 Å². The maximum atomic E-state index is 11.9. The van der Waals surface area contributed by atoms with E-state index in [2.05, 4.69) is 25.9 Å². The lowest BCUT2D eigenvalue weighted by molar-refractivity contribution is 0.0957. The summed E-state index contributed by atoms with van der Waals surface area (Å²) in [5, 5.41) is 9.08. The number of halogens is 1. The van der Waals surface area contributed by atoms with Crippen LogP contribution in [0.4, 0.5) is 0 Å². The van der Waals surface area contributed by atoms with Gasteiger partial charge < -0.3 is 20.7 Å². The number of aliphatic imine (C=N–C) groups is 1. The van der Waals surface area contributed by atoms with Crippen molar-refractivity contribution in [2.75, 3.05) is 39.9 Å². The molecule has 0 fully saturated rings. The van der Waals surface area contributed by atoms with Crippen LogP contribution in [0, 0.1) is 6.92 Å². The first-order valence-corrected chi connectivity index (χ1v) is 7.77. The Morgan fingerprint density at radius 2 is 2.00 bits per heavy atom. The van der Waals surface area contributed by atoms with Crippen LogP contribution in [0.25, 0.3) is 0 Å². The van der Waals surface area contributed by atoms with Crippen LogP contribution in [-0.4, -0.2) is 56.7 Å². The van der Waals surface area contributed by atoms with Crippen LogP contribution in [0.1, 0.15) is 22.3 Å². The van der Waals surface area contributed by atoms with Crippen molar-refractivity contribution < 1.29 is 9.53 Å². The van der Waals surface area contributed by atoms with Crippen molar-refractivity contribution in [1.29, 1.82) is 0 Å². The monoisotopic (exact) mass is 441 g/mol. The van der Waals surface area contributed by atoms with E-state index in [4.69, 9.17) is 4.74 Å². The molecule has 1 heterocycles. The Morgan fingerprint density at radius 3 is 2.59 bits per heavy atom. The summed E-state index contributed by atoms with van der Waals surface area (Å²) in [4.78, 5) is 20.7. The summed E-state index contributed by atoms with van der Waals surface area (Å²) in [6, 6.07) is 0. The molecular weight excluding hydrogens is 417 g/mol. The van der Waals surface area contributed by atoms with E-state index < -0.39 is 0 Å². The quantitative estimate of drug-likeness (QED) is 0.243. The maximum Gasteiger partial charge on any atom is 0.263 e. The topological polar surface area (TPSA) is 87.6 Å². The SMILES string of the molecule is CCOCCNC(=NC)NCCNC(=O)c1scnc1C.I. The fourth-order valence-corrected chi connectivity index (χ4v) is 2.28. The van der Waals surface area contributed by atoms with Gasteiger partial charge in [0.15, 0.2) is 5.96 Å². The number of hydrogen-bond acceptors (Lipinski definition) is 5. The van der Waals surface area contributed by atoms with Crippen LogP contribution in [0.15, 0.2) is 10.5 Å². The molecule has 3 N–H and O–H groups in total. The lowest BCUT2D eigenvalue weighted by Crippen LogP contribution is -2.42. The van der Waals surface area contributed by atoms with Crippen LogP contribution in [-0.2, 0) is 4.74 Å². The zero-order valence-corrected chi connectivity index (χ0v) is 16.3. The second-order valence-corrected chi connectivity index (χ2v) is 5.00. The molecule has 0 unspecified atom stereocenters. The molecule has 0 atom stereocenters. The van der Waals surface area contributed by atoms with Crippen molar-refractivity contribution in [3.63, 3.8) is 0 Å². The molecule has 0 aromatic carbocycles. The third kappa shape index (κ3) is 7.90. The minimum Gasteiger partial charge on any atom is -0.380 e. The van der Waals surface area contributed by atoms with Crippen LogP contribution < -0.4 is 16.0 Å². The van der Waals surface area contributed by atoms with Gasteiger partial charge in [-0.2, -0.15) is 0 Å². The molecule has 0 aliphatic carbocycles. The standard InChI is InChI=1S/C13H23N5O2S.HI/c1-4-20-8-7-17-13(14-3)16-6-5-15-12(19)11-10(2)18-9-21-11;/h9H,4-8H2,1-3H3,(H,15,19)(H2,14,16,17);1H.